The smallest absolute Gasteiger partial charge is 0.341 e. The van der Waals surface area contributed by atoms with Crippen LogP contribution in [0.2, 0.25) is 0 Å². The van der Waals surface area contributed by atoms with Crippen molar-refractivity contribution in [3.8, 4) is 34.8 Å². The van der Waals surface area contributed by atoms with Gasteiger partial charge in [0.1, 0.15) is 29.1 Å². The Labute approximate surface area is 155 Å². The molecule has 0 spiro atoms. The molecule has 0 atom stereocenters. The number of ether oxygens (including phenoxy) is 2. The molecule has 0 unspecified atom stereocenters. The standard InChI is InChI=1S/C16H11BrN4O5/c1-25-11-3-7(17)2-8(14(11)26-6-12(22)23)13-9(4-18)15(20)21-16(24)10(13)5-19/h2-3H,6H2,1H3,(H,22,23)(H3,20,21,24). The van der Waals surface area contributed by atoms with Crippen molar-refractivity contribution in [2.45, 2.75) is 0 Å². The van der Waals surface area contributed by atoms with Crippen LogP contribution in [-0.4, -0.2) is 29.8 Å². The van der Waals surface area contributed by atoms with Crippen molar-refractivity contribution in [3.05, 3.63) is 38.1 Å². The largest absolute Gasteiger partial charge is 0.493 e. The molecule has 0 saturated heterocycles. The number of H-pyrrole nitrogens is 1. The normalized spacial score (nSPS) is 9.85. The van der Waals surface area contributed by atoms with Crippen LogP contribution in [0.1, 0.15) is 11.1 Å². The minimum absolute atomic E-state index is 0.0453. The van der Waals surface area contributed by atoms with E-state index in [4.69, 9.17) is 20.3 Å². The fourth-order valence-corrected chi connectivity index (χ4v) is 2.74. The van der Waals surface area contributed by atoms with E-state index in [1.807, 2.05) is 6.07 Å². The Morgan fingerprint density at radius 2 is 2.00 bits per heavy atom. The van der Waals surface area contributed by atoms with Gasteiger partial charge in [-0.25, -0.2) is 4.79 Å². The Balaban J connectivity index is 2.95. The molecule has 1 aromatic carbocycles. The number of hydrogen-bond donors (Lipinski definition) is 3. The predicted octanol–water partition coefficient (Wildman–Crippen LogP) is 1.60. The summed E-state index contributed by atoms with van der Waals surface area (Å²) in [5.74, 6) is -1.37. The summed E-state index contributed by atoms with van der Waals surface area (Å²) < 4.78 is 11.0. The van der Waals surface area contributed by atoms with E-state index in [-0.39, 0.29) is 39.6 Å². The molecule has 1 aromatic heterocycles. The van der Waals surface area contributed by atoms with E-state index >= 15 is 0 Å². The number of nitrogens with zero attached hydrogens (tertiary/aromatic N) is 2. The number of nitriles is 2. The van der Waals surface area contributed by atoms with Crippen molar-refractivity contribution in [3.63, 3.8) is 0 Å². The second-order valence-corrected chi connectivity index (χ2v) is 5.80. The first-order valence-electron chi connectivity index (χ1n) is 6.92. The van der Waals surface area contributed by atoms with Crippen LogP contribution in [0.3, 0.4) is 0 Å². The highest BCUT2D eigenvalue weighted by molar-refractivity contribution is 9.10. The number of carbonyl (C=O) groups is 1. The number of benzene rings is 1. The molecule has 26 heavy (non-hydrogen) atoms. The van der Waals surface area contributed by atoms with Gasteiger partial charge in [0.25, 0.3) is 5.56 Å². The summed E-state index contributed by atoms with van der Waals surface area (Å²) in [4.78, 5) is 25.2. The lowest BCUT2D eigenvalue weighted by Crippen LogP contribution is -2.17. The third-order valence-corrected chi connectivity index (χ3v) is 3.77. The minimum atomic E-state index is -1.24. The molecular weight excluding hydrogens is 408 g/mol. The number of nitrogens with two attached hydrogens (primary N) is 1. The molecule has 0 fully saturated rings. The summed E-state index contributed by atoms with van der Waals surface area (Å²) in [6.45, 7) is -0.701. The average molecular weight is 419 g/mol. The summed E-state index contributed by atoms with van der Waals surface area (Å²) in [5.41, 5.74) is 4.44. The van der Waals surface area contributed by atoms with Crippen molar-refractivity contribution in [2.75, 3.05) is 19.5 Å². The van der Waals surface area contributed by atoms with Crippen LogP contribution < -0.4 is 20.8 Å². The zero-order valence-corrected chi connectivity index (χ0v) is 14.9. The number of pyridine rings is 1. The SMILES string of the molecule is COc1cc(Br)cc(-c2c(C#N)c(N)[nH]c(=O)c2C#N)c1OCC(=O)O. The molecular formula is C16H11BrN4O5. The molecule has 0 saturated carbocycles. The molecule has 1 heterocycles. The fourth-order valence-electron chi connectivity index (χ4n) is 2.30. The summed E-state index contributed by atoms with van der Waals surface area (Å²) in [6, 6.07) is 6.55. The molecule has 9 nitrogen and oxygen atoms in total. The monoisotopic (exact) mass is 418 g/mol. The number of nitrogens with one attached hydrogen (secondary N) is 1. The second kappa shape index (κ2) is 7.59. The molecule has 0 aliphatic rings. The van der Waals surface area contributed by atoms with E-state index in [9.17, 15) is 20.1 Å². The molecule has 2 aromatic rings. The maximum atomic E-state index is 12.1. The number of aliphatic carboxylic acids is 1. The summed E-state index contributed by atoms with van der Waals surface area (Å²) in [6.07, 6.45) is 0. The van der Waals surface area contributed by atoms with Crippen molar-refractivity contribution < 1.29 is 19.4 Å². The second-order valence-electron chi connectivity index (χ2n) is 4.88. The van der Waals surface area contributed by atoms with Gasteiger partial charge in [-0.1, -0.05) is 15.9 Å². The maximum Gasteiger partial charge on any atom is 0.341 e. The Bertz CT molecular complexity index is 1030. The topological polar surface area (TPSA) is 162 Å². The van der Waals surface area contributed by atoms with Gasteiger partial charge < -0.3 is 25.3 Å². The van der Waals surface area contributed by atoms with Gasteiger partial charge in [0.05, 0.1) is 7.11 Å². The van der Waals surface area contributed by atoms with Gasteiger partial charge in [0, 0.05) is 15.6 Å². The van der Waals surface area contributed by atoms with E-state index in [0.717, 1.165) is 0 Å². The van der Waals surface area contributed by atoms with Crippen molar-refractivity contribution in [2.24, 2.45) is 0 Å². The summed E-state index contributed by atoms with van der Waals surface area (Å²) in [5, 5.41) is 27.7. The van der Waals surface area contributed by atoms with E-state index in [0.29, 0.717) is 4.47 Å². The molecule has 0 radical (unpaired) electrons. The van der Waals surface area contributed by atoms with Crippen LogP contribution >= 0.6 is 15.9 Å². The van der Waals surface area contributed by atoms with E-state index in [1.165, 1.54) is 19.2 Å². The first kappa shape index (κ1) is 18.8. The number of halogens is 1. The number of hydrogen-bond acceptors (Lipinski definition) is 7. The molecule has 0 aliphatic carbocycles. The van der Waals surface area contributed by atoms with Gasteiger partial charge in [0.2, 0.25) is 0 Å². The van der Waals surface area contributed by atoms with Gasteiger partial charge in [-0.05, 0) is 12.1 Å². The third-order valence-electron chi connectivity index (χ3n) is 3.32. The van der Waals surface area contributed by atoms with Crippen molar-refractivity contribution >= 4 is 27.7 Å². The average Bonchev–Trinajstić information content (AvgIpc) is 2.59. The van der Waals surface area contributed by atoms with E-state index in [2.05, 4.69) is 20.9 Å². The fraction of sp³-hybridized carbons (Fsp3) is 0.125. The van der Waals surface area contributed by atoms with Gasteiger partial charge in [-0.3, -0.25) is 4.79 Å². The Hall–Kier alpha value is -3.50. The number of methoxy groups -OCH3 is 1. The van der Waals surface area contributed by atoms with E-state index in [1.54, 1.807) is 6.07 Å². The summed E-state index contributed by atoms with van der Waals surface area (Å²) >= 11 is 3.26. The van der Waals surface area contributed by atoms with Crippen LogP contribution in [0.25, 0.3) is 11.1 Å². The predicted molar refractivity (Wildman–Crippen MR) is 93.7 cm³/mol. The minimum Gasteiger partial charge on any atom is -0.493 e. The lowest BCUT2D eigenvalue weighted by atomic mass is 9.95. The van der Waals surface area contributed by atoms with Crippen LogP contribution in [0.15, 0.2) is 21.4 Å². The first-order chi connectivity index (χ1) is 12.3. The van der Waals surface area contributed by atoms with Crippen molar-refractivity contribution in [1.82, 2.24) is 4.98 Å². The zero-order chi connectivity index (χ0) is 19.4. The maximum absolute atomic E-state index is 12.1. The lowest BCUT2D eigenvalue weighted by molar-refractivity contribution is -0.139. The van der Waals surface area contributed by atoms with Crippen LogP contribution in [0.4, 0.5) is 5.82 Å². The number of nitrogen functional groups attached to an aromatic ring is 1. The highest BCUT2D eigenvalue weighted by atomic mass is 79.9. The third kappa shape index (κ3) is 3.45. The number of aromatic nitrogens is 1. The van der Waals surface area contributed by atoms with Gasteiger partial charge in [0.15, 0.2) is 18.1 Å². The number of rotatable bonds is 5. The molecule has 0 amide bonds. The lowest BCUT2D eigenvalue weighted by Gasteiger charge is -2.17. The van der Waals surface area contributed by atoms with Gasteiger partial charge in [-0.2, -0.15) is 10.5 Å². The van der Waals surface area contributed by atoms with Gasteiger partial charge >= 0.3 is 5.97 Å². The van der Waals surface area contributed by atoms with Crippen LogP contribution in [-0.2, 0) is 4.79 Å². The highest BCUT2D eigenvalue weighted by Crippen LogP contribution is 2.43. The Kier molecular flexibility index (Phi) is 5.50. The van der Waals surface area contributed by atoms with Crippen LogP contribution in [0.5, 0.6) is 11.5 Å². The number of carboxylic acid groups (broad SMARTS) is 1. The number of anilines is 1. The zero-order valence-electron chi connectivity index (χ0n) is 13.3. The molecule has 0 bridgehead atoms. The number of carboxylic acids is 1. The first-order valence-corrected chi connectivity index (χ1v) is 7.71. The van der Waals surface area contributed by atoms with Crippen LogP contribution in [0, 0.1) is 22.7 Å². The quantitative estimate of drug-likeness (QED) is 0.658. The van der Waals surface area contributed by atoms with E-state index < -0.39 is 18.1 Å². The molecule has 132 valence electrons. The molecule has 10 heteroatoms. The van der Waals surface area contributed by atoms with Gasteiger partial charge in [-0.15, -0.1) is 0 Å². The molecule has 4 N–H and O–H groups in total. The Morgan fingerprint density at radius 3 is 2.54 bits per heavy atom. The Morgan fingerprint density at radius 1 is 1.35 bits per heavy atom. The van der Waals surface area contributed by atoms with Crippen molar-refractivity contribution in [1.29, 1.82) is 10.5 Å². The number of aromatic amines is 1. The molecule has 0 aliphatic heterocycles. The highest BCUT2D eigenvalue weighted by Gasteiger charge is 2.24. The molecule has 2 rings (SSSR count). The summed E-state index contributed by atoms with van der Waals surface area (Å²) in [7, 11) is 1.34.